The SMILES string of the molecule is CSc1ccc(/C=C/CCC2CCN(C(=O)OC(C)(C)C)CC2)cc1F. The minimum absolute atomic E-state index is 0.158. The number of likely N-dealkylation sites (tertiary alicyclic amines) is 1. The van der Waals surface area contributed by atoms with Crippen molar-refractivity contribution in [1.29, 1.82) is 0 Å². The Morgan fingerprint density at radius 1 is 1.35 bits per heavy atom. The van der Waals surface area contributed by atoms with E-state index in [9.17, 15) is 9.18 Å². The molecule has 0 saturated carbocycles. The molecular weight excluding hydrogens is 349 g/mol. The molecule has 1 aromatic carbocycles. The Morgan fingerprint density at radius 2 is 2.04 bits per heavy atom. The number of nitrogens with zero attached hydrogens (tertiary/aromatic N) is 1. The molecular formula is C21H30FNO2S. The van der Waals surface area contributed by atoms with E-state index in [1.165, 1.54) is 11.8 Å². The minimum Gasteiger partial charge on any atom is -0.444 e. The van der Waals surface area contributed by atoms with E-state index in [1.54, 1.807) is 6.07 Å². The number of rotatable bonds is 5. The molecule has 144 valence electrons. The quantitative estimate of drug-likeness (QED) is 0.589. The maximum absolute atomic E-state index is 13.8. The van der Waals surface area contributed by atoms with E-state index in [0.717, 1.165) is 44.3 Å². The van der Waals surface area contributed by atoms with E-state index < -0.39 is 5.60 Å². The number of hydrogen-bond donors (Lipinski definition) is 0. The zero-order chi connectivity index (χ0) is 19.2. The van der Waals surface area contributed by atoms with Crippen LogP contribution in [-0.2, 0) is 4.74 Å². The molecule has 1 saturated heterocycles. The maximum Gasteiger partial charge on any atom is 0.410 e. The Morgan fingerprint density at radius 3 is 2.62 bits per heavy atom. The second-order valence-electron chi connectivity index (χ2n) is 7.78. The molecule has 5 heteroatoms. The Bertz CT molecular complexity index is 631. The summed E-state index contributed by atoms with van der Waals surface area (Å²) in [5.74, 6) is 0.475. The molecule has 0 atom stereocenters. The average molecular weight is 380 g/mol. The van der Waals surface area contributed by atoms with Gasteiger partial charge in [0.15, 0.2) is 0 Å². The summed E-state index contributed by atoms with van der Waals surface area (Å²) < 4.78 is 19.2. The van der Waals surface area contributed by atoms with Crippen molar-refractivity contribution in [2.45, 2.75) is 57.0 Å². The number of piperidine rings is 1. The lowest BCUT2D eigenvalue weighted by Crippen LogP contribution is -2.41. The minimum atomic E-state index is -0.438. The highest BCUT2D eigenvalue weighted by atomic mass is 32.2. The van der Waals surface area contributed by atoms with Gasteiger partial charge >= 0.3 is 6.09 Å². The van der Waals surface area contributed by atoms with Crippen LogP contribution < -0.4 is 0 Å². The summed E-state index contributed by atoms with van der Waals surface area (Å²) in [6, 6.07) is 5.36. The molecule has 3 nitrogen and oxygen atoms in total. The molecule has 2 rings (SSSR count). The van der Waals surface area contributed by atoms with Crippen LogP contribution in [0.15, 0.2) is 29.2 Å². The zero-order valence-corrected chi connectivity index (χ0v) is 17.1. The lowest BCUT2D eigenvalue weighted by Gasteiger charge is -2.33. The molecule has 0 unspecified atom stereocenters. The summed E-state index contributed by atoms with van der Waals surface area (Å²) >= 11 is 1.42. The van der Waals surface area contributed by atoms with Gasteiger partial charge in [0.25, 0.3) is 0 Å². The molecule has 1 aromatic rings. The molecule has 0 aromatic heterocycles. The number of halogens is 1. The average Bonchev–Trinajstić information content (AvgIpc) is 2.58. The van der Waals surface area contributed by atoms with Gasteiger partial charge in [-0.1, -0.05) is 18.2 Å². The monoisotopic (exact) mass is 379 g/mol. The van der Waals surface area contributed by atoms with Crippen molar-refractivity contribution in [3.8, 4) is 0 Å². The fourth-order valence-electron chi connectivity index (χ4n) is 3.07. The number of thioether (sulfide) groups is 1. The third-order valence-electron chi connectivity index (χ3n) is 4.49. The number of ether oxygens (including phenoxy) is 1. The number of carbonyl (C=O) groups is 1. The third kappa shape index (κ3) is 6.67. The summed E-state index contributed by atoms with van der Waals surface area (Å²) in [6.45, 7) is 7.22. The fraction of sp³-hybridized carbons (Fsp3) is 0.571. The molecule has 1 fully saturated rings. The van der Waals surface area contributed by atoms with Gasteiger partial charge in [-0.15, -0.1) is 11.8 Å². The number of hydrogen-bond acceptors (Lipinski definition) is 3. The van der Waals surface area contributed by atoms with Gasteiger partial charge in [0.2, 0.25) is 0 Å². The van der Waals surface area contributed by atoms with E-state index >= 15 is 0 Å². The van der Waals surface area contributed by atoms with E-state index in [1.807, 2.05) is 50.1 Å². The van der Waals surface area contributed by atoms with Crippen LogP contribution >= 0.6 is 11.8 Å². The normalized spacial score (nSPS) is 16.3. The van der Waals surface area contributed by atoms with Gasteiger partial charge in [-0.3, -0.25) is 0 Å². The number of amides is 1. The molecule has 1 aliphatic heterocycles. The van der Waals surface area contributed by atoms with E-state index in [0.29, 0.717) is 10.8 Å². The third-order valence-corrected chi connectivity index (χ3v) is 5.26. The first-order chi connectivity index (χ1) is 12.3. The number of benzene rings is 1. The standard InChI is InChI=1S/C21H30FNO2S/c1-21(2,3)25-20(24)23-13-11-16(12-14-23)7-5-6-8-17-9-10-19(26-4)18(22)15-17/h6,8-10,15-16H,5,7,11-14H2,1-4H3/b8-6+. The second kappa shape index (κ2) is 9.45. The first-order valence-corrected chi connectivity index (χ1v) is 10.5. The van der Waals surface area contributed by atoms with Crippen LogP contribution in [0.5, 0.6) is 0 Å². The lowest BCUT2D eigenvalue weighted by molar-refractivity contribution is 0.0181. The lowest BCUT2D eigenvalue weighted by atomic mass is 9.92. The van der Waals surface area contributed by atoms with Crippen molar-refractivity contribution in [3.05, 3.63) is 35.7 Å². The number of allylic oxidation sites excluding steroid dienone is 1. The largest absolute Gasteiger partial charge is 0.444 e. The van der Waals surface area contributed by atoms with E-state index in [2.05, 4.69) is 6.08 Å². The molecule has 0 radical (unpaired) electrons. The van der Waals surface area contributed by atoms with E-state index in [-0.39, 0.29) is 11.9 Å². The maximum atomic E-state index is 13.8. The summed E-state index contributed by atoms with van der Waals surface area (Å²) in [7, 11) is 0. The van der Waals surface area contributed by atoms with Gasteiger partial charge in [0.1, 0.15) is 11.4 Å². The van der Waals surface area contributed by atoms with Crippen molar-refractivity contribution in [1.82, 2.24) is 4.90 Å². The second-order valence-corrected chi connectivity index (χ2v) is 8.63. The van der Waals surface area contributed by atoms with E-state index in [4.69, 9.17) is 4.74 Å². The zero-order valence-electron chi connectivity index (χ0n) is 16.3. The Labute approximate surface area is 161 Å². The number of carbonyl (C=O) groups excluding carboxylic acids is 1. The summed E-state index contributed by atoms with van der Waals surface area (Å²) in [4.78, 5) is 14.6. The summed E-state index contributed by atoms with van der Waals surface area (Å²) in [6.07, 6.45) is 9.90. The van der Waals surface area contributed by atoms with Gasteiger partial charge in [-0.2, -0.15) is 0 Å². The predicted octanol–water partition coefficient (Wildman–Crippen LogP) is 5.99. The van der Waals surface area contributed by atoms with Crippen LogP contribution in [0.1, 0.15) is 52.0 Å². The molecule has 0 N–H and O–H groups in total. The van der Waals surface area contributed by atoms with Crippen LogP contribution in [0.4, 0.5) is 9.18 Å². The van der Waals surface area contributed by atoms with Crippen molar-refractivity contribution in [3.63, 3.8) is 0 Å². The topological polar surface area (TPSA) is 29.5 Å². The molecule has 1 amide bonds. The smallest absolute Gasteiger partial charge is 0.410 e. The van der Waals surface area contributed by atoms with Crippen molar-refractivity contribution in [2.24, 2.45) is 5.92 Å². The van der Waals surface area contributed by atoms with Crippen LogP contribution in [0.2, 0.25) is 0 Å². The van der Waals surface area contributed by atoms with Gasteiger partial charge in [0.05, 0.1) is 0 Å². The van der Waals surface area contributed by atoms with Crippen LogP contribution in [0, 0.1) is 11.7 Å². The fourth-order valence-corrected chi connectivity index (χ4v) is 3.53. The van der Waals surface area contributed by atoms with Crippen molar-refractivity contribution < 1.29 is 13.9 Å². The van der Waals surface area contributed by atoms with Gasteiger partial charge < -0.3 is 9.64 Å². The molecule has 0 aliphatic carbocycles. The molecule has 0 bridgehead atoms. The van der Waals surface area contributed by atoms with Gasteiger partial charge in [0, 0.05) is 18.0 Å². The molecule has 0 spiro atoms. The molecule has 1 heterocycles. The van der Waals surface area contributed by atoms with Crippen LogP contribution in [-0.4, -0.2) is 35.9 Å². The van der Waals surface area contributed by atoms with Crippen LogP contribution in [0.25, 0.3) is 6.08 Å². The molecule has 26 heavy (non-hydrogen) atoms. The summed E-state index contributed by atoms with van der Waals surface area (Å²) in [5.41, 5.74) is 0.465. The first kappa shape index (κ1) is 20.8. The Kier molecular flexibility index (Phi) is 7.56. The predicted molar refractivity (Wildman–Crippen MR) is 107 cm³/mol. The van der Waals surface area contributed by atoms with Gasteiger partial charge in [-0.25, -0.2) is 9.18 Å². The highest BCUT2D eigenvalue weighted by Gasteiger charge is 2.26. The Balaban J connectivity index is 1.72. The van der Waals surface area contributed by atoms with Crippen molar-refractivity contribution in [2.75, 3.05) is 19.3 Å². The van der Waals surface area contributed by atoms with Crippen LogP contribution in [0.3, 0.4) is 0 Å². The Hall–Kier alpha value is -1.49. The van der Waals surface area contributed by atoms with Gasteiger partial charge in [-0.05, 0) is 76.3 Å². The first-order valence-electron chi connectivity index (χ1n) is 9.26. The summed E-state index contributed by atoms with van der Waals surface area (Å²) in [5, 5.41) is 0. The highest BCUT2D eigenvalue weighted by molar-refractivity contribution is 7.98. The highest BCUT2D eigenvalue weighted by Crippen LogP contribution is 2.24. The van der Waals surface area contributed by atoms with Crippen molar-refractivity contribution >= 4 is 23.9 Å². The molecule has 1 aliphatic rings.